The molecule has 2 rings (SSSR count). The third-order valence-electron chi connectivity index (χ3n) is 2.85. The second-order valence-electron chi connectivity index (χ2n) is 4.29. The standard InChI is InChI=1S/C13H15N3O4/c1-9-6-16(13(19)15-12(9)18)8-20-11(7-17)10-2-4-14-5-3-10/h2-6,11,17H,7-8H2,1H3,(H,15,18,19). The molecule has 2 heterocycles. The number of rotatable bonds is 5. The van der Waals surface area contributed by atoms with E-state index in [1.165, 1.54) is 10.8 Å². The minimum Gasteiger partial charge on any atom is -0.393 e. The molecular formula is C13H15N3O4. The maximum absolute atomic E-state index is 11.6. The van der Waals surface area contributed by atoms with Crippen molar-refractivity contribution in [3.8, 4) is 0 Å². The zero-order valence-corrected chi connectivity index (χ0v) is 10.9. The van der Waals surface area contributed by atoms with Crippen molar-refractivity contribution < 1.29 is 9.84 Å². The van der Waals surface area contributed by atoms with Crippen LogP contribution in [0.15, 0.2) is 40.3 Å². The zero-order valence-electron chi connectivity index (χ0n) is 10.9. The van der Waals surface area contributed by atoms with Crippen molar-refractivity contribution >= 4 is 0 Å². The lowest BCUT2D eigenvalue weighted by Crippen LogP contribution is -2.31. The van der Waals surface area contributed by atoms with Crippen LogP contribution in [0.5, 0.6) is 0 Å². The van der Waals surface area contributed by atoms with Crippen molar-refractivity contribution in [2.75, 3.05) is 6.61 Å². The van der Waals surface area contributed by atoms with Crippen LogP contribution >= 0.6 is 0 Å². The molecule has 1 unspecified atom stereocenters. The topological polar surface area (TPSA) is 97.2 Å². The van der Waals surface area contributed by atoms with Gasteiger partial charge in [0.2, 0.25) is 0 Å². The maximum Gasteiger partial charge on any atom is 0.330 e. The fourth-order valence-electron chi connectivity index (χ4n) is 1.72. The van der Waals surface area contributed by atoms with Gasteiger partial charge in [-0.05, 0) is 24.6 Å². The van der Waals surface area contributed by atoms with Gasteiger partial charge in [0.15, 0.2) is 0 Å². The number of nitrogens with zero attached hydrogens (tertiary/aromatic N) is 2. The van der Waals surface area contributed by atoms with Gasteiger partial charge in [-0.25, -0.2) is 4.79 Å². The summed E-state index contributed by atoms with van der Waals surface area (Å²) in [6.45, 7) is 1.31. The van der Waals surface area contributed by atoms with Crippen LogP contribution in [-0.2, 0) is 11.5 Å². The Hall–Kier alpha value is -2.25. The Bertz CT molecular complexity index is 678. The number of nitrogens with one attached hydrogen (secondary N) is 1. The molecule has 2 N–H and O–H groups in total. The molecule has 7 heteroatoms. The minimum absolute atomic E-state index is 0.0655. The van der Waals surface area contributed by atoms with E-state index in [1.54, 1.807) is 31.5 Å². The minimum atomic E-state index is -0.558. The molecule has 0 saturated heterocycles. The van der Waals surface area contributed by atoms with Crippen molar-refractivity contribution in [2.45, 2.75) is 19.8 Å². The monoisotopic (exact) mass is 277 g/mol. The van der Waals surface area contributed by atoms with Crippen LogP contribution in [0, 0.1) is 6.92 Å². The molecule has 0 radical (unpaired) electrons. The number of aromatic nitrogens is 3. The van der Waals surface area contributed by atoms with Crippen LogP contribution in [0.4, 0.5) is 0 Å². The van der Waals surface area contributed by atoms with Gasteiger partial charge in [-0.2, -0.15) is 0 Å². The van der Waals surface area contributed by atoms with Crippen LogP contribution in [0.25, 0.3) is 0 Å². The summed E-state index contributed by atoms with van der Waals surface area (Å²) in [6, 6.07) is 3.45. The quantitative estimate of drug-likeness (QED) is 0.798. The Morgan fingerprint density at radius 3 is 2.75 bits per heavy atom. The number of hydrogen-bond donors (Lipinski definition) is 2. The average Bonchev–Trinajstić information content (AvgIpc) is 2.46. The second kappa shape index (κ2) is 6.27. The molecule has 0 aliphatic carbocycles. The summed E-state index contributed by atoms with van der Waals surface area (Å²) in [5.74, 6) is 0. The van der Waals surface area contributed by atoms with Gasteiger partial charge < -0.3 is 9.84 Å². The van der Waals surface area contributed by atoms with Gasteiger partial charge >= 0.3 is 5.69 Å². The van der Waals surface area contributed by atoms with E-state index in [0.717, 1.165) is 5.56 Å². The number of aryl methyl sites for hydroxylation is 1. The van der Waals surface area contributed by atoms with E-state index in [9.17, 15) is 14.7 Å². The van der Waals surface area contributed by atoms with Crippen molar-refractivity contribution in [2.24, 2.45) is 0 Å². The van der Waals surface area contributed by atoms with Gasteiger partial charge in [0, 0.05) is 24.2 Å². The van der Waals surface area contributed by atoms with E-state index in [4.69, 9.17) is 4.74 Å². The van der Waals surface area contributed by atoms with Crippen LogP contribution < -0.4 is 11.2 Å². The molecule has 20 heavy (non-hydrogen) atoms. The smallest absolute Gasteiger partial charge is 0.330 e. The maximum atomic E-state index is 11.6. The highest BCUT2D eigenvalue weighted by molar-refractivity contribution is 5.13. The summed E-state index contributed by atoms with van der Waals surface area (Å²) < 4.78 is 6.74. The first kappa shape index (κ1) is 14.2. The van der Waals surface area contributed by atoms with Gasteiger partial charge in [0.05, 0.1) is 6.61 Å². The first-order chi connectivity index (χ1) is 9.61. The third-order valence-corrected chi connectivity index (χ3v) is 2.85. The van der Waals surface area contributed by atoms with E-state index < -0.39 is 17.4 Å². The molecule has 0 aromatic carbocycles. The second-order valence-corrected chi connectivity index (χ2v) is 4.29. The Balaban J connectivity index is 2.13. The SMILES string of the molecule is Cc1cn(COC(CO)c2ccncc2)c(=O)[nH]c1=O. The highest BCUT2D eigenvalue weighted by Gasteiger charge is 2.11. The number of H-pyrrole nitrogens is 1. The van der Waals surface area contributed by atoms with E-state index in [1.807, 2.05) is 0 Å². The summed E-state index contributed by atoms with van der Waals surface area (Å²) in [5.41, 5.74) is 0.209. The number of aliphatic hydroxyl groups excluding tert-OH is 1. The summed E-state index contributed by atoms with van der Waals surface area (Å²) in [4.78, 5) is 28.9. The van der Waals surface area contributed by atoms with E-state index in [0.29, 0.717) is 5.56 Å². The van der Waals surface area contributed by atoms with Crippen molar-refractivity contribution in [1.29, 1.82) is 0 Å². The molecule has 0 aliphatic rings. The molecule has 0 amide bonds. The number of hydrogen-bond acceptors (Lipinski definition) is 5. The Kier molecular flexibility index (Phi) is 4.44. The Labute approximate surface area is 114 Å². The van der Waals surface area contributed by atoms with Crippen LogP contribution in [0.2, 0.25) is 0 Å². The molecule has 2 aromatic rings. The molecule has 7 nitrogen and oxygen atoms in total. The summed E-state index contributed by atoms with van der Waals surface area (Å²) in [7, 11) is 0. The predicted molar refractivity (Wildman–Crippen MR) is 71.2 cm³/mol. The predicted octanol–water partition coefficient (Wildman–Crippen LogP) is -0.0523. The van der Waals surface area contributed by atoms with Gasteiger partial charge in [-0.1, -0.05) is 0 Å². The zero-order chi connectivity index (χ0) is 14.5. The van der Waals surface area contributed by atoms with E-state index >= 15 is 0 Å². The van der Waals surface area contributed by atoms with Gasteiger partial charge in [0.1, 0.15) is 12.8 Å². The molecule has 0 saturated carbocycles. The van der Waals surface area contributed by atoms with Crippen LogP contribution in [0.1, 0.15) is 17.2 Å². The summed E-state index contributed by atoms with van der Waals surface area (Å²) in [6.07, 6.45) is 4.05. The fourth-order valence-corrected chi connectivity index (χ4v) is 1.72. The van der Waals surface area contributed by atoms with Crippen molar-refractivity contribution in [1.82, 2.24) is 14.5 Å². The molecule has 106 valence electrons. The van der Waals surface area contributed by atoms with E-state index in [-0.39, 0.29) is 13.3 Å². The number of ether oxygens (including phenoxy) is 1. The molecule has 0 spiro atoms. The lowest BCUT2D eigenvalue weighted by atomic mass is 10.1. The Morgan fingerprint density at radius 2 is 2.10 bits per heavy atom. The molecule has 0 fully saturated rings. The lowest BCUT2D eigenvalue weighted by Gasteiger charge is -2.16. The lowest BCUT2D eigenvalue weighted by molar-refractivity contribution is -0.0273. The third kappa shape index (κ3) is 3.19. The number of aromatic amines is 1. The summed E-state index contributed by atoms with van der Waals surface area (Å²) >= 11 is 0. The molecule has 0 aliphatic heterocycles. The number of aliphatic hydroxyl groups is 1. The molecule has 1 atom stereocenters. The van der Waals surface area contributed by atoms with Crippen molar-refractivity contribution in [3.63, 3.8) is 0 Å². The average molecular weight is 277 g/mol. The van der Waals surface area contributed by atoms with Gasteiger partial charge in [-0.3, -0.25) is 19.3 Å². The van der Waals surface area contributed by atoms with Gasteiger partial charge in [-0.15, -0.1) is 0 Å². The van der Waals surface area contributed by atoms with E-state index in [2.05, 4.69) is 9.97 Å². The molecule has 0 bridgehead atoms. The Morgan fingerprint density at radius 1 is 1.40 bits per heavy atom. The largest absolute Gasteiger partial charge is 0.393 e. The molecular weight excluding hydrogens is 262 g/mol. The normalized spacial score (nSPS) is 12.3. The molecule has 2 aromatic heterocycles. The first-order valence-corrected chi connectivity index (χ1v) is 6.04. The van der Waals surface area contributed by atoms with Gasteiger partial charge in [0.25, 0.3) is 5.56 Å². The highest BCUT2D eigenvalue weighted by Crippen LogP contribution is 2.15. The fraction of sp³-hybridized carbons (Fsp3) is 0.308. The highest BCUT2D eigenvalue weighted by atomic mass is 16.5. The number of pyridine rings is 1. The van der Waals surface area contributed by atoms with Crippen LogP contribution in [0.3, 0.4) is 0 Å². The first-order valence-electron chi connectivity index (χ1n) is 6.04. The summed E-state index contributed by atoms with van der Waals surface area (Å²) in [5, 5.41) is 9.33. The van der Waals surface area contributed by atoms with Crippen molar-refractivity contribution in [3.05, 3.63) is 62.7 Å². The van der Waals surface area contributed by atoms with Crippen LogP contribution in [-0.4, -0.2) is 26.2 Å².